The summed E-state index contributed by atoms with van der Waals surface area (Å²) in [6.45, 7) is 5.66. The maximum atomic E-state index is 5.71. The average molecular weight is 234 g/mol. The minimum Gasteiger partial charge on any atom is -0.352 e. The monoisotopic (exact) mass is 234 g/mol. The standard InChI is InChI=1S/C13H22N4/c1-3-11-9-13(16-10(2)15-11)17(8-7-14)12-5-4-6-12/h9,12H,3-8,14H2,1-2H3. The Balaban J connectivity index is 2.24. The number of aromatic nitrogens is 2. The van der Waals surface area contributed by atoms with Crippen molar-refractivity contribution in [1.29, 1.82) is 0 Å². The van der Waals surface area contributed by atoms with Crippen molar-refractivity contribution in [2.45, 2.75) is 45.6 Å². The molecule has 0 bridgehead atoms. The van der Waals surface area contributed by atoms with Gasteiger partial charge < -0.3 is 10.6 Å². The van der Waals surface area contributed by atoms with Crippen molar-refractivity contribution in [2.75, 3.05) is 18.0 Å². The SMILES string of the molecule is CCc1cc(N(CCN)C2CCC2)nc(C)n1. The Morgan fingerprint density at radius 3 is 2.71 bits per heavy atom. The van der Waals surface area contributed by atoms with Gasteiger partial charge in [0.05, 0.1) is 0 Å². The van der Waals surface area contributed by atoms with E-state index in [9.17, 15) is 0 Å². The molecule has 1 saturated carbocycles. The van der Waals surface area contributed by atoms with Gasteiger partial charge in [-0.05, 0) is 32.6 Å². The van der Waals surface area contributed by atoms with Crippen LogP contribution in [0.3, 0.4) is 0 Å². The van der Waals surface area contributed by atoms with Crippen molar-refractivity contribution in [3.05, 3.63) is 17.6 Å². The molecule has 1 aliphatic rings. The number of nitrogens with two attached hydrogens (primary N) is 1. The molecular formula is C13H22N4. The Labute approximate surface area is 103 Å². The fourth-order valence-corrected chi connectivity index (χ4v) is 2.26. The van der Waals surface area contributed by atoms with Crippen LogP contribution in [0.4, 0.5) is 5.82 Å². The van der Waals surface area contributed by atoms with Crippen molar-refractivity contribution in [3.8, 4) is 0 Å². The second-order valence-corrected chi connectivity index (χ2v) is 4.69. The predicted molar refractivity (Wildman–Crippen MR) is 70.2 cm³/mol. The Kier molecular flexibility index (Phi) is 3.94. The van der Waals surface area contributed by atoms with Gasteiger partial charge in [-0.25, -0.2) is 9.97 Å². The second-order valence-electron chi connectivity index (χ2n) is 4.69. The highest BCUT2D eigenvalue weighted by Crippen LogP contribution is 2.28. The van der Waals surface area contributed by atoms with Crippen LogP contribution in [0.15, 0.2) is 6.07 Å². The Bertz CT molecular complexity index is 374. The van der Waals surface area contributed by atoms with Gasteiger partial charge in [-0.1, -0.05) is 6.92 Å². The molecule has 0 amide bonds. The lowest BCUT2D eigenvalue weighted by atomic mass is 9.91. The van der Waals surface area contributed by atoms with Gasteiger partial charge >= 0.3 is 0 Å². The van der Waals surface area contributed by atoms with E-state index in [1.165, 1.54) is 19.3 Å². The van der Waals surface area contributed by atoms with Crippen LogP contribution in [0.25, 0.3) is 0 Å². The number of nitrogens with zero attached hydrogens (tertiary/aromatic N) is 3. The van der Waals surface area contributed by atoms with Crippen LogP contribution in [0.1, 0.15) is 37.7 Å². The molecule has 0 spiro atoms. The smallest absolute Gasteiger partial charge is 0.132 e. The lowest BCUT2D eigenvalue weighted by Gasteiger charge is -2.38. The summed E-state index contributed by atoms with van der Waals surface area (Å²) in [4.78, 5) is 11.4. The summed E-state index contributed by atoms with van der Waals surface area (Å²) in [7, 11) is 0. The predicted octanol–water partition coefficient (Wildman–Crippen LogP) is 1.67. The van der Waals surface area contributed by atoms with Crippen LogP contribution in [-0.4, -0.2) is 29.1 Å². The number of aryl methyl sites for hydroxylation is 2. The number of hydrogen-bond acceptors (Lipinski definition) is 4. The largest absolute Gasteiger partial charge is 0.352 e. The van der Waals surface area contributed by atoms with Crippen molar-refractivity contribution in [2.24, 2.45) is 5.73 Å². The van der Waals surface area contributed by atoms with Gasteiger partial charge in [0.15, 0.2) is 0 Å². The molecule has 1 aromatic rings. The molecule has 1 fully saturated rings. The van der Waals surface area contributed by atoms with Crippen LogP contribution >= 0.6 is 0 Å². The second kappa shape index (κ2) is 5.45. The molecule has 1 aromatic heterocycles. The molecular weight excluding hydrogens is 212 g/mol. The lowest BCUT2D eigenvalue weighted by molar-refractivity contribution is 0.385. The third-order valence-corrected chi connectivity index (χ3v) is 3.42. The lowest BCUT2D eigenvalue weighted by Crippen LogP contribution is -2.43. The molecule has 17 heavy (non-hydrogen) atoms. The van der Waals surface area contributed by atoms with Crippen LogP contribution in [-0.2, 0) is 6.42 Å². The van der Waals surface area contributed by atoms with Gasteiger partial charge in [-0.15, -0.1) is 0 Å². The topological polar surface area (TPSA) is 55.0 Å². The molecule has 0 aliphatic heterocycles. The normalized spacial score (nSPS) is 15.7. The zero-order valence-electron chi connectivity index (χ0n) is 10.8. The molecule has 0 atom stereocenters. The van der Waals surface area contributed by atoms with Gasteiger partial charge in [0.2, 0.25) is 0 Å². The summed E-state index contributed by atoms with van der Waals surface area (Å²) in [5.74, 6) is 1.92. The van der Waals surface area contributed by atoms with Crippen LogP contribution in [0.5, 0.6) is 0 Å². The molecule has 2 N–H and O–H groups in total. The van der Waals surface area contributed by atoms with Crippen molar-refractivity contribution < 1.29 is 0 Å². The Morgan fingerprint density at radius 2 is 2.18 bits per heavy atom. The molecule has 1 aliphatic carbocycles. The number of anilines is 1. The number of hydrogen-bond donors (Lipinski definition) is 1. The van der Waals surface area contributed by atoms with Crippen molar-refractivity contribution in [3.63, 3.8) is 0 Å². The Morgan fingerprint density at radius 1 is 1.41 bits per heavy atom. The molecule has 1 heterocycles. The van der Waals surface area contributed by atoms with E-state index in [-0.39, 0.29) is 0 Å². The van der Waals surface area contributed by atoms with Crippen molar-refractivity contribution >= 4 is 5.82 Å². The summed E-state index contributed by atoms with van der Waals surface area (Å²) < 4.78 is 0. The first kappa shape index (κ1) is 12.3. The van der Waals surface area contributed by atoms with Crippen LogP contribution in [0, 0.1) is 6.92 Å². The van der Waals surface area contributed by atoms with Crippen molar-refractivity contribution in [1.82, 2.24) is 9.97 Å². The third kappa shape index (κ3) is 2.75. The highest BCUT2D eigenvalue weighted by Gasteiger charge is 2.25. The van der Waals surface area contributed by atoms with E-state index in [4.69, 9.17) is 5.73 Å². The van der Waals surface area contributed by atoms with Gasteiger partial charge in [-0.2, -0.15) is 0 Å². The minimum atomic E-state index is 0.637. The zero-order valence-corrected chi connectivity index (χ0v) is 10.8. The third-order valence-electron chi connectivity index (χ3n) is 3.42. The number of rotatable bonds is 5. The molecule has 0 unspecified atom stereocenters. The fourth-order valence-electron chi connectivity index (χ4n) is 2.26. The van der Waals surface area contributed by atoms with Gasteiger partial charge in [-0.3, -0.25) is 0 Å². The first-order valence-electron chi connectivity index (χ1n) is 6.56. The van der Waals surface area contributed by atoms with E-state index in [1.807, 2.05) is 6.92 Å². The summed E-state index contributed by atoms with van der Waals surface area (Å²) >= 11 is 0. The maximum absolute atomic E-state index is 5.71. The summed E-state index contributed by atoms with van der Waals surface area (Å²) in [5.41, 5.74) is 6.83. The molecule has 4 nitrogen and oxygen atoms in total. The molecule has 94 valence electrons. The molecule has 4 heteroatoms. The van der Waals surface area contributed by atoms with E-state index < -0.39 is 0 Å². The summed E-state index contributed by atoms with van der Waals surface area (Å²) in [5, 5.41) is 0. The Hall–Kier alpha value is -1.16. The first-order chi connectivity index (χ1) is 8.24. The minimum absolute atomic E-state index is 0.637. The van der Waals surface area contributed by atoms with E-state index in [1.54, 1.807) is 0 Å². The van der Waals surface area contributed by atoms with Crippen LogP contribution in [0.2, 0.25) is 0 Å². The molecule has 0 radical (unpaired) electrons. The van der Waals surface area contributed by atoms with Gasteiger partial charge in [0, 0.05) is 30.9 Å². The van der Waals surface area contributed by atoms with Gasteiger partial charge in [0.1, 0.15) is 11.6 Å². The molecule has 2 rings (SSSR count). The fraction of sp³-hybridized carbons (Fsp3) is 0.692. The summed E-state index contributed by atoms with van der Waals surface area (Å²) in [6, 6.07) is 2.75. The molecule has 0 saturated heterocycles. The average Bonchev–Trinajstić information content (AvgIpc) is 2.25. The van der Waals surface area contributed by atoms with E-state index >= 15 is 0 Å². The van der Waals surface area contributed by atoms with Gasteiger partial charge in [0.25, 0.3) is 0 Å². The highest BCUT2D eigenvalue weighted by molar-refractivity contribution is 5.42. The highest BCUT2D eigenvalue weighted by atomic mass is 15.2. The van der Waals surface area contributed by atoms with E-state index in [0.717, 1.165) is 30.3 Å². The van der Waals surface area contributed by atoms with E-state index in [0.29, 0.717) is 12.6 Å². The van der Waals surface area contributed by atoms with E-state index in [2.05, 4.69) is 27.9 Å². The summed E-state index contributed by atoms with van der Waals surface area (Å²) in [6.07, 6.45) is 4.82. The van der Waals surface area contributed by atoms with Crippen LogP contribution < -0.4 is 10.6 Å². The maximum Gasteiger partial charge on any atom is 0.132 e. The quantitative estimate of drug-likeness (QED) is 0.842. The first-order valence-corrected chi connectivity index (χ1v) is 6.56. The zero-order chi connectivity index (χ0) is 12.3. The molecule has 0 aromatic carbocycles.